The third-order valence-corrected chi connectivity index (χ3v) is 4.07. The van der Waals surface area contributed by atoms with Crippen molar-refractivity contribution in [3.8, 4) is 0 Å². The number of nitrogens with zero attached hydrogens (tertiary/aromatic N) is 1. The molecule has 2 rings (SSSR count). The minimum absolute atomic E-state index is 0.156. The zero-order valence-corrected chi connectivity index (χ0v) is 12.2. The van der Waals surface area contributed by atoms with Crippen molar-refractivity contribution in [3.63, 3.8) is 0 Å². The molecule has 0 aromatic carbocycles. The lowest BCUT2D eigenvalue weighted by molar-refractivity contribution is 0.0683. The number of rotatable bonds is 4. The van der Waals surface area contributed by atoms with Crippen LogP contribution in [0.4, 0.5) is 0 Å². The molecule has 3 nitrogen and oxygen atoms in total. The van der Waals surface area contributed by atoms with E-state index in [9.17, 15) is 4.79 Å². The second kappa shape index (κ2) is 5.22. The van der Waals surface area contributed by atoms with E-state index in [0.717, 1.165) is 9.99 Å². The van der Waals surface area contributed by atoms with E-state index in [-0.39, 0.29) is 6.04 Å². The number of hydrogen-bond acceptors (Lipinski definition) is 2. The Morgan fingerprint density at radius 2 is 2.41 bits per heavy atom. The molecule has 0 bridgehead atoms. The zero-order chi connectivity index (χ0) is 12.4. The highest BCUT2D eigenvalue weighted by molar-refractivity contribution is 14.1. The standard InChI is InChI=1S/C12H12INO2S/c1-8(5-10-3-2-4-17-10)14-7-9(13)6-11(14)12(15)16/h2-4,6-8H,5H2,1H3,(H,15,16). The Morgan fingerprint density at radius 3 is 3.00 bits per heavy atom. The van der Waals surface area contributed by atoms with Crippen LogP contribution in [0.15, 0.2) is 29.8 Å². The first-order valence-corrected chi connectivity index (χ1v) is 7.17. The Hall–Kier alpha value is -0.820. The fourth-order valence-electron chi connectivity index (χ4n) is 1.80. The summed E-state index contributed by atoms with van der Waals surface area (Å²) in [5.41, 5.74) is 0.360. The smallest absolute Gasteiger partial charge is 0.352 e. The number of aromatic nitrogens is 1. The summed E-state index contributed by atoms with van der Waals surface area (Å²) in [4.78, 5) is 12.4. The van der Waals surface area contributed by atoms with Gasteiger partial charge in [-0.15, -0.1) is 11.3 Å². The third kappa shape index (κ3) is 2.90. The summed E-state index contributed by atoms with van der Waals surface area (Å²) < 4.78 is 2.79. The maximum Gasteiger partial charge on any atom is 0.352 e. The van der Waals surface area contributed by atoms with Crippen molar-refractivity contribution in [2.75, 3.05) is 0 Å². The minimum Gasteiger partial charge on any atom is -0.477 e. The van der Waals surface area contributed by atoms with Crippen molar-refractivity contribution >= 4 is 39.9 Å². The normalized spacial score (nSPS) is 12.6. The molecule has 0 fully saturated rings. The largest absolute Gasteiger partial charge is 0.477 e. The summed E-state index contributed by atoms with van der Waals surface area (Å²) in [5.74, 6) is -0.869. The van der Waals surface area contributed by atoms with Crippen LogP contribution >= 0.6 is 33.9 Å². The van der Waals surface area contributed by atoms with Crippen LogP contribution in [-0.4, -0.2) is 15.6 Å². The molecule has 90 valence electrons. The van der Waals surface area contributed by atoms with Crippen LogP contribution in [0, 0.1) is 3.57 Å². The van der Waals surface area contributed by atoms with Gasteiger partial charge in [-0.05, 0) is 47.0 Å². The molecule has 17 heavy (non-hydrogen) atoms. The summed E-state index contributed by atoms with van der Waals surface area (Å²) in [5, 5.41) is 11.2. The first-order chi connectivity index (χ1) is 8.08. The van der Waals surface area contributed by atoms with Gasteiger partial charge < -0.3 is 9.67 Å². The van der Waals surface area contributed by atoms with E-state index >= 15 is 0 Å². The SMILES string of the molecule is CC(Cc1cccs1)n1cc(I)cc1C(=O)O. The quantitative estimate of drug-likeness (QED) is 0.845. The number of halogens is 1. The third-order valence-electron chi connectivity index (χ3n) is 2.59. The molecule has 0 aliphatic rings. The Morgan fingerprint density at radius 1 is 1.65 bits per heavy atom. The Kier molecular flexibility index (Phi) is 3.88. The molecule has 1 unspecified atom stereocenters. The van der Waals surface area contributed by atoms with Gasteiger partial charge in [-0.3, -0.25) is 0 Å². The predicted octanol–water partition coefficient (Wildman–Crippen LogP) is 3.66. The first-order valence-electron chi connectivity index (χ1n) is 5.21. The van der Waals surface area contributed by atoms with Crippen molar-refractivity contribution < 1.29 is 9.90 Å². The lowest BCUT2D eigenvalue weighted by Gasteiger charge is -2.14. The van der Waals surface area contributed by atoms with Gasteiger partial charge in [-0.25, -0.2) is 4.79 Å². The lowest BCUT2D eigenvalue weighted by atomic mass is 10.2. The van der Waals surface area contributed by atoms with Crippen LogP contribution in [0.1, 0.15) is 28.3 Å². The highest BCUT2D eigenvalue weighted by Gasteiger charge is 2.16. The Labute approximate surface area is 117 Å². The predicted molar refractivity (Wildman–Crippen MR) is 76.8 cm³/mol. The highest BCUT2D eigenvalue weighted by Crippen LogP contribution is 2.22. The van der Waals surface area contributed by atoms with Crippen LogP contribution in [0.3, 0.4) is 0 Å². The molecule has 0 saturated carbocycles. The molecule has 1 atom stereocenters. The van der Waals surface area contributed by atoms with Crippen LogP contribution in [0.5, 0.6) is 0 Å². The van der Waals surface area contributed by atoms with Gasteiger partial charge in [-0.1, -0.05) is 6.07 Å². The lowest BCUT2D eigenvalue weighted by Crippen LogP contribution is -2.13. The molecule has 5 heteroatoms. The van der Waals surface area contributed by atoms with Gasteiger partial charge in [0.2, 0.25) is 0 Å². The average Bonchev–Trinajstić information content (AvgIpc) is 2.86. The summed E-state index contributed by atoms with van der Waals surface area (Å²) in [6.45, 7) is 2.04. The Balaban J connectivity index is 2.24. The van der Waals surface area contributed by atoms with E-state index in [1.54, 1.807) is 17.4 Å². The van der Waals surface area contributed by atoms with Gasteiger partial charge >= 0.3 is 5.97 Å². The van der Waals surface area contributed by atoms with Crippen molar-refractivity contribution in [3.05, 3.63) is 43.9 Å². The zero-order valence-electron chi connectivity index (χ0n) is 9.26. The van der Waals surface area contributed by atoms with Crippen LogP contribution < -0.4 is 0 Å². The monoisotopic (exact) mass is 361 g/mol. The molecule has 0 saturated heterocycles. The molecule has 0 amide bonds. The van der Waals surface area contributed by atoms with Crippen LogP contribution in [-0.2, 0) is 6.42 Å². The fraction of sp³-hybridized carbons (Fsp3) is 0.250. The Bertz CT molecular complexity index is 519. The fourth-order valence-corrected chi connectivity index (χ4v) is 3.22. The van der Waals surface area contributed by atoms with Crippen molar-refractivity contribution in [2.45, 2.75) is 19.4 Å². The minimum atomic E-state index is -0.869. The number of carboxylic acid groups (broad SMARTS) is 1. The van der Waals surface area contributed by atoms with Gasteiger partial charge in [0.05, 0.1) is 0 Å². The summed E-state index contributed by atoms with van der Waals surface area (Å²) in [6.07, 6.45) is 2.75. The molecule has 1 N–H and O–H groups in total. The second-order valence-electron chi connectivity index (χ2n) is 3.89. The average molecular weight is 361 g/mol. The second-order valence-corrected chi connectivity index (χ2v) is 6.17. The van der Waals surface area contributed by atoms with Crippen molar-refractivity contribution in [1.29, 1.82) is 0 Å². The maximum atomic E-state index is 11.1. The van der Waals surface area contributed by atoms with E-state index in [1.165, 1.54) is 4.88 Å². The molecule has 0 aliphatic carbocycles. The number of carboxylic acids is 1. The van der Waals surface area contributed by atoms with Gasteiger partial charge in [0.1, 0.15) is 5.69 Å². The van der Waals surface area contributed by atoms with E-state index in [2.05, 4.69) is 28.7 Å². The van der Waals surface area contributed by atoms with Crippen molar-refractivity contribution in [1.82, 2.24) is 4.57 Å². The molecular formula is C12H12INO2S. The van der Waals surface area contributed by atoms with Gasteiger partial charge in [0.15, 0.2) is 0 Å². The molecule has 2 aromatic rings. The van der Waals surface area contributed by atoms with Gasteiger partial charge in [0, 0.05) is 27.1 Å². The molecule has 2 heterocycles. The highest BCUT2D eigenvalue weighted by atomic mass is 127. The molecule has 0 radical (unpaired) electrons. The van der Waals surface area contributed by atoms with Gasteiger partial charge in [0.25, 0.3) is 0 Å². The number of hydrogen-bond donors (Lipinski definition) is 1. The van der Waals surface area contributed by atoms with Crippen molar-refractivity contribution in [2.24, 2.45) is 0 Å². The van der Waals surface area contributed by atoms with E-state index < -0.39 is 5.97 Å². The molecule has 0 spiro atoms. The number of thiophene rings is 1. The van der Waals surface area contributed by atoms with E-state index in [1.807, 2.05) is 29.1 Å². The summed E-state index contributed by atoms with van der Waals surface area (Å²) in [7, 11) is 0. The van der Waals surface area contributed by atoms with Gasteiger partial charge in [-0.2, -0.15) is 0 Å². The van der Waals surface area contributed by atoms with E-state index in [4.69, 9.17) is 5.11 Å². The number of aromatic carboxylic acids is 1. The molecular weight excluding hydrogens is 349 g/mol. The summed E-state index contributed by atoms with van der Waals surface area (Å²) >= 11 is 3.85. The van der Waals surface area contributed by atoms with Crippen LogP contribution in [0.2, 0.25) is 0 Å². The van der Waals surface area contributed by atoms with Crippen LogP contribution in [0.25, 0.3) is 0 Å². The maximum absolute atomic E-state index is 11.1. The number of carbonyl (C=O) groups is 1. The van der Waals surface area contributed by atoms with E-state index in [0.29, 0.717) is 5.69 Å². The molecule has 0 aliphatic heterocycles. The topological polar surface area (TPSA) is 42.2 Å². The summed E-state index contributed by atoms with van der Waals surface area (Å²) in [6, 6.07) is 5.96. The first kappa shape index (κ1) is 12.6. The molecule has 2 aromatic heterocycles.